The number of hydrogen-bond acceptors (Lipinski definition) is 4. The molecule has 0 spiro atoms. The van der Waals surface area contributed by atoms with Gasteiger partial charge in [-0.25, -0.2) is 9.97 Å². The average Bonchev–Trinajstić information content (AvgIpc) is 3.30. The third-order valence-electron chi connectivity index (χ3n) is 4.49. The molecule has 4 nitrogen and oxygen atoms in total. The monoisotopic (exact) mass is 338 g/mol. The van der Waals surface area contributed by atoms with Crippen LogP contribution in [0, 0.1) is 0 Å². The Morgan fingerprint density at radius 3 is 2.55 bits per heavy atom. The zero-order valence-electron chi connectivity index (χ0n) is 12.3. The molecule has 1 aromatic rings. The van der Waals surface area contributed by atoms with Gasteiger partial charge in [0.15, 0.2) is 0 Å². The van der Waals surface area contributed by atoms with Gasteiger partial charge in [0.2, 0.25) is 0 Å². The first-order chi connectivity index (χ1) is 9.67. The van der Waals surface area contributed by atoms with Gasteiger partial charge in [-0.05, 0) is 42.1 Å². The molecule has 1 atom stereocenters. The number of rotatable bonds is 4. The molecule has 0 radical (unpaired) electrons. The van der Waals surface area contributed by atoms with Crippen molar-refractivity contribution in [3.8, 4) is 0 Å². The molecule has 1 saturated carbocycles. The first-order valence-electron chi connectivity index (χ1n) is 7.71. The van der Waals surface area contributed by atoms with E-state index < -0.39 is 0 Å². The van der Waals surface area contributed by atoms with Crippen molar-refractivity contribution in [1.82, 2.24) is 14.9 Å². The molecule has 3 rings (SSSR count). The largest absolute Gasteiger partial charge is 0.354 e. The Balaban J connectivity index is 1.68. The molecule has 0 N–H and O–H groups in total. The van der Waals surface area contributed by atoms with Crippen LogP contribution in [0.2, 0.25) is 0 Å². The highest BCUT2D eigenvalue weighted by Gasteiger charge is 2.28. The van der Waals surface area contributed by atoms with Crippen molar-refractivity contribution in [2.75, 3.05) is 31.1 Å². The van der Waals surface area contributed by atoms with Gasteiger partial charge in [0.25, 0.3) is 0 Å². The second-order valence-electron chi connectivity index (χ2n) is 5.96. The molecule has 1 saturated heterocycles. The van der Waals surface area contributed by atoms with Crippen molar-refractivity contribution in [3.63, 3.8) is 0 Å². The van der Waals surface area contributed by atoms with Crippen molar-refractivity contribution in [3.05, 3.63) is 16.5 Å². The minimum Gasteiger partial charge on any atom is -0.354 e. The molecule has 2 heterocycles. The van der Waals surface area contributed by atoms with Gasteiger partial charge < -0.3 is 4.90 Å². The quantitative estimate of drug-likeness (QED) is 0.790. The van der Waals surface area contributed by atoms with E-state index in [1.54, 1.807) is 0 Å². The summed E-state index contributed by atoms with van der Waals surface area (Å²) in [5.74, 6) is 2.73. The lowest BCUT2D eigenvalue weighted by molar-refractivity contribution is 0.192. The Hall–Kier alpha value is -0.680. The summed E-state index contributed by atoms with van der Waals surface area (Å²) in [4.78, 5) is 14.3. The Bertz CT molecular complexity index is 467. The summed E-state index contributed by atoms with van der Waals surface area (Å²) in [6.45, 7) is 8.99. The molecule has 2 aliphatic rings. The van der Waals surface area contributed by atoms with E-state index in [1.165, 1.54) is 19.3 Å². The van der Waals surface area contributed by atoms with E-state index in [0.29, 0.717) is 12.0 Å². The van der Waals surface area contributed by atoms with E-state index in [4.69, 9.17) is 4.98 Å². The van der Waals surface area contributed by atoms with Crippen molar-refractivity contribution < 1.29 is 0 Å². The van der Waals surface area contributed by atoms with E-state index in [2.05, 4.69) is 50.6 Å². The molecule has 2 fully saturated rings. The maximum Gasteiger partial charge on any atom is 0.135 e. The predicted molar refractivity (Wildman–Crippen MR) is 85.2 cm³/mol. The van der Waals surface area contributed by atoms with E-state index in [0.717, 1.165) is 42.4 Å². The highest BCUT2D eigenvalue weighted by Crippen LogP contribution is 2.39. The Labute approximate surface area is 129 Å². The van der Waals surface area contributed by atoms with Gasteiger partial charge in [-0.2, -0.15) is 0 Å². The van der Waals surface area contributed by atoms with Crippen LogP contribution >= 0.6 is 15.9 Å². The molecular formula is C15H23BrN4. The fraction of sp³-hybridized carbons (Fsp3) is 0.733. The van der Waals surface area contributed by atoms with Crippen LogP contribution in [0.25, 0.3) is 0 Å². The van der Waals surface area contributed by atoms with E-state index in [1.807, 2.05) is 0 Å². The minimum atomic E-state index is 0.604. The SMILES string of the molecule is CCC(C)N1CCN(c2cc(Br)nc(C3CC3)n2)CC1. The Kier molecular flexibility index (Phi) is 4.26. The highest BCUT2D eigenvalue weighted by atomic mass is 79.9. The number of aromatic nitrogens is 2. The zero-order chi connectivity index (χ0) is 14.1. The molecule has 0 amide bonds. The second-order valence-corrected chi connectivity index (χ2v) is 6.77. The number of anilines is 1. The molecular weight excluding hydrogens is 316 g/mol. The van der Waals surface area contributed by atoms with Gasteiger partial charge in [-0.3, -0.25) is 4.90 Å². The van der Waals surface area contributed by atoms with Crippen LogP contribution in [0.4, 0.5) is 5.82 Å². The van der Waals surface area contributed by atoms with Gasteiger partial charge in [-0.1, -0.05) is 6.92 Å². The smallest absolute Gasteiger partial charge is 0.135 e. The lowest BCUT2D eigenvalue weighted by Gasteiger charge is -2.38. The zero-order valence-corrected chi connectivity index (χ0v) is 13.9. The normalized spacial score (nSPS) is 22.1. The topological polar surface area (TPSA) is 32.3 Å². The van der Waals surface area contributed by atoms with Gasteiger partial charge in [0.1, 0.15) is 16.2 Å². The molecule has 1 unspecified atom stereocenters. The van der Waals surface area contributed by atoms with E-state index >= 15 is 0 Å². The van der Waals surface area contributed by atoms with Crippen molar-refractivity contribution in [2.24, 2.45) is 0 Å². The molecule has 0 aromatic carbocycles. The summed E-state index contributed by atoms with van der Waals surface area (Å²) in [7, 11) is 0. The second kappa shape index (κ2) is 5.98. The molecule has 20 heavy (non-hydrogen) atoms. The maximum atomic E-state index is 4.78. The van der Waals surface area contributed by atoms with Crippen LogP contribution in [0.5, 0.6) is 0 Å². The number of nitrogens with zero attached hydrogens (tertiary/aromatic N) is 4. The third kappa shape index (κ3) is 3.14. The molecule has 1 aromatic heterocycles. The van der Waals surface area contributed by atoms with E-state index in [9.17, 15) is 0 Å². The van der Waals surface area contributed by atoms with Gasteiger partial charge in [0, 0.05) is 44.2 Å². The summed E-state index contributed by atoms with van der Waals surface area (Å²) < 4.78 is 0.925. The van der Waals surface area contributed by atoms with Gasteiger partial charge in [-0.15, -0.1) is 0 Å². The third-order valence-corrected chi connectivity index (χ3v) is 4.90. The Morgan fingerprint density at radius 2 is 1.95 bits per heavy atom. The number of halogens is 1. The average molecular weight is 339 g/mol. The molecule has 0 bridgehead atoms. The molecule has 1 aliphatic carbocycles. The van der Waals surface area contributed by atoms with Crippen LogP contribution in [0.15, 0.2) is 10.7 Å². The minimum absolute atomic E-state index is 0.604. The Morgan fingerprint density at radius 1 is 1.25 bits per heavy atom. The molecule has 110 valence electrons. The molecule has 1 aliphatic heterocycles. The predicted octanol–water partition coefficient (Wildman–Crippen LogP) is 3.04. The van der Waals surface area contributed by atoms with Crippen molar-refractivity contribution >= 4 is 21.7 Å². The summed E-state index contributed by atoms with van der Waals surface area (Å²) in [5, 5.41) is 0. The summed E-state index contributed by atoms with van der Waals surface area (Å²) in [5.41, 5.74) is 0. The first kappa shape index (κ1) is 14.3. The first-order valence-corrected chi connectivity index (χ1v) is 8.50. The van der Waals surface area contributed by atoms with Crippen LogP contribution in [-0.4, -0.2) is 47.1 Å². The fourth-order valence-corrected chi connectivity index (χ4v) is 3.15. The summed E-state index contributed by atoms with van der Waals surface area (Å²) >= 11 is 3.53. The fourth-order valence-electron chi connectivity index (χ4n) is 2.76. The van der Waals surface area contributed by atoms with Gasteiger partial charge in [0.05, 0.1) is 0 Å². The van der Waals surface area contributed by atoms with Crippen LogP contribution in [0.3, 0.4) is 0 Å². The van der Waals surface area contributed by atoms with Crippen LogP contribution < -0.4 is 4.90 Å². The van der Waals surface area contributed by atoms with Crippen molar-refractivity contribution in [2.45, 2.75) is 45.1 Å². The lowest BCUT2D eigenvalue weighted by Crippen LogP contribution is -2.49. The number of hydrogen-bond donors (Lipinski definition) is 0. The van der Waals surface area contributed by atoms with E-state index in [-0.39, 0.29) is 0 Å². The molecule has 5 heteroatoms. The van der Waals surface area contributed by atoms with Gasteiger partial charge >= 0.3 is 0 Å². The standard InChI is InChI=1S/C15H23BrN4/c1-3-11(2)19-6-8-20(9-7-19)14-10-13(16)17-15(18-14)12-4-5-12/h10-12H,3-9H2,1-2H3. The van der Waals surface area contributed by atoms with Crippen LogP contribution in [0.1, 0.15) is 44.9 Å². The maximum absolute atomic E-state index is 4.78. The highest BCUT2D eigenvalue weighted by molar-refractivity contribution is 9.10. The number of piperazine rings is 1. The lowest BCUT2D eigenvalue weighted by atomic mass is 10.2. The summed E-state index contributed by atoms with van der Waals surface area (Å²) in [6, 6.07) is 2.75. The summed E-state index contributed by atoms with van der Waals surface area (Å²) in [6.07, 6.45) is 3.72. The van der Waals surface area contributed by atoms with Crippen molar-refractivity contribution in [1.29, 1.82) is 0 Å². The van der Waals surface area contributed by atoms with Crippen LogP contribution in [-0.2, 0) is 0 Å².